The van der Waals surface area contributed by atoms with Crippen LogP contribution in [0.2, 0.25) is 0 Å². The molecule has 0 aliphatic rings. The standard InChI is InChI=1S/C10H11ClN2O2S2/c11-6-9(16-7-12)5-8-1-3-10(4-2-8)17(13,14)15/h1-4,9H,5-6H2,(H2,13,14,15). The Morgan fingerprint density at radius 3 is 2.41 bits per heavy atom. The van der Waals surface area contributed by atoms with Gasteiger partial charge >= 0.3 is 0 Å². The van der Waals surface area contributed by atoms with Gasteiger partial charge in [-0.2, -0.15) is 5.26 Å². The summed E-state index contributed by atoms with van der Waals surface area (Å²) >= 11 is 6.82. The van der Waals surface area contributed by atoms with Crippen LogP contribution in [0, 0.1) is 10.7 Å². The molecule has 0 aromatic heterocycles. The van der Waals surface area contributed by atoms with E-state index >= 15 is 0 Å². The normalized spacial score (nSPS) is 13.0. The van der Waals surface area contributed by atoms with E-state index in [1.165, 1.54) is 12.1 Å². The van der Waals surface area contributed by atoms with Gasteiger partial charge in [0.15, 0.2) is 0 Å². The van der Waals surface area contributed by atoms with Gasteiger partial charge in [0.1, 0.15) is 5.40 Å². The summed E-state index contributed by atoms with van der Waals surface area (Å²) in [7, 11) is -3.65. The fourth-order valence-electron chi connectivity index (χ4n) is 1.28. The average Bonchev–Trinajstić information content (AvgIpc) is 2.28. The smallest absolute Gasteiger partial charge is 0.225 e. The van der Waals surface area contributed by atoms with Gasteiger partial charge in [-0.3, -0.25) is 0 Å². The molecular formula is C10H11ClN2O2S2. The Morgan fingerprint density at radius 1 is 1.41 bits per heavy atom. The van der Waals surface area contributed by atoms with E-state index in [-0.39, 0.29) is 10.1 Å². The number of alkyl halides is 1. The molecule has 0 saturated carbocycles. The second kappa shape index (κ2) is 6.26. The number of thiocyanates is 1. The summed E-state index contributed by atoms with van der Waals surface area (Å²) in [4.78, 5) is 0.0802. The average molecular weight is 291 g/mol. The Hall–Kier alpha value is -0.740. The molecule has 1 rings (SSSR count). The Morgan fingerprint density at radius 2 is 2.00 bits per heavy atom. The molecule has 0 radical (unpaired) electrons. The predicted molar refractivity (Wildman–Crippen MR) is 69.2 cm³/mol. The molecule has 0 aliphatic heterocycles. The molecule has 0 fully saturated rings. The van der Waals surface area contributed by atoms with Gasteiger partial charge in [0.25, 0.3) is 0 Å². The lowest BCUT2D eigenvalue weighted by molar-refractivity contribution is 0.598. The maximum absolute atomic E-state index is 11.0. The number of primary sulfonamides is 1. The Bertz CT molecular complexity index is 508. The van der Waals surface area contributed by atoms with Crippen molar-refractivity contribution in [1.29, 1.82) is 5.26 Å². The number of nitrogens with zero attached hydrogens (tertiary/aromatic N) is 1. The Labute approximate surface area is 110 Å². The van der Waals surface area contributed by atoms with Gasteiger partial charge in [0.05, 0.1) is 4.90 Å². The first kappa shape index (κ1) is 14.3. The van der Waals surface area contributed by atoms with Crippen LogP contribution in [0.1, 0.15) is 5.56 Å². The van der Waals surface area contributed by atoms with Crippen molar-refractivity contribution in [3.05, 3.63) is 29.8 Å². The van der Waals surface area contributed by atoms with Crippen molar-refractivity contribution in [2.24, 2.45) is 5.14 Å². The van der Waals surface area contributed by atoms with Crippen LogP contribution in [0.5, 0.6) is 0 Å². The van der Waals surface area contributed by atoms with Crippen molar-refractivity contribution in [2.75, 3.05) is 5.88 Å². The fourth-order valence-corrected chi connectivity index (χ4v) is 2.58. The number of thioether (sulfide) groups is 1. The number of hydrogen-bond acceptors (Lipinski definition) is 4. The van der Waals surface area contributed by atoms with E-state index in [0.29, 0.717) is 12.3 Å². The van der Waals surface area contributed by atoms with Gasteiger partial charge in [0, 0.05) is 11.1 Å². The van der Waals surface area contributed by atoms with Crippen molar-refractivity contribution in [2.45, 2.75) is 16.6 Å². The summed E-state index contributed by atoms with van der Waals surface area (Å²) in [5, 5.41) is 15.5. The van der Waals surface area contributed by atoms with Crippen LogP contribution in [0.15, 0.2) is 29.2 Å². The number of nitriles is 1. The van der Waals surface area contributed by atoms with Gasteiger partial charge in [-0.05, 0) is 35.9 Å². The Kier molecular flexibility index (Phi) is 5.28. The molecule has 2 N–H and O–H groups in total. The summed E-state index contributed by atoms with van der Waals surface area (Å²) in [5.41, 5.74) is 0.922. The zero-order chi connectivity index (χ0) is 12.9. The highest BCUT2D eigenvalue weighted by atomic mass is 35.5. The molecule has 1 unspecified atom stereocenters. The lowest BCUT2D eigenvalue weighted by atomic mass is 10.1. The Balaban J connectivity index is 2.79. The van der Waals surface area contributed by atoms with Crippen LogP contribution in [-0.4, -0.2) is 19.5 Å². The molecule has 0 amide bonds. The van der Waals surface area contributed by atoms with Crippen molar-refractivity contribution in [3.63, 3.8) is 0 Å². The van der Waals surface area contributed by atoms with E-state index < -0.39 is 10.0 Å². The zero-order valence-electron chi connectivity index (χ0n) is 8.84. The fraction of sp³-hybridized carbons (Fsp3) is 0.300. The van der Waals surface area contributed by atoms with Gasteiger partial charge in [0.2, 0.25) is 10.0 Å². The minimum Gasteiger partial charge on any atom is -0.225 e. The van der Waals surface area contributed by atoms with E-state index in [0.717, 1.165) is 17.3 Å². The van der Waals surface area contributed by atoms with Crippen LogP contribution in [0.4, 0.5) is 0 Å². The third-order valence-electron chi connectivity index (χ3n) is 2.11. The van der Waals surface area contributed by atoms with Crippen LogP contribution in [0.25, 0.3) is 0 Å². The highest BCUT2D eigenvalue weighted by Gasteiger charge is 2.11. The third-order valence-corrected chi connectivity index (χ3v) is 4.36. The topological polar surface area (TPSA) is 83.9 Å². The maximum atomic E-state index is 11.0. The van der Waals surface area contributed by atoms with Crippen LogP contribution in [0.3, 0.4) is 0 Å². The molecule has 92 valence electrons. The number of rotatable bonds is 5. The maximum Gasteiger partial charge on any atom is 0.238 e. The van der Waals surface area contributed by atoms with Crippen molar-refractivity contribution >= 4 is 33.4 Å². The minimum absolute atomic E-state index is 0.00185. The highest BCUT2D eigenvalue weighted by molar-refractivity contribution is 8.04. The number of sulfonamides is 1. The van der Waals surface area contributed by atoms with E-state index in [4.69, 9.17) is 22.0 Å². The molecule has 4 nitrogen and oxygen atoms in total. The van der Waals surface area contributed by atoms with E-state index in [2.05, 4.69) is 0 Å². The van der Waals surface area contributed by atoms with E-state index in [1.54, 1.807) is 12.1 Å². The van der Waals surface area contributed by atoms with Gasteiger partial charge in [-0.1, -0.05) is 12.1 Å². The van der Waals surface area contributed by atoms with Crippen LogP contribution >= 0.6 is 23.4 Å². The molecule has 0 heterocycles. The summed E-state index contributed by atoms with van der Waals surface area (Å²) in [6.45, 7) is 0. The molecule has 1 aromatic rings. The molecule has 0 spiro atoms. The molecule has 17 heavy (non-hydrogen) atoms. The number of nitrogens with two attached hydrogens (primary N) is 1. The summed E-state index contributed by atoms with van der Waals surface area (Å²) < 4.78 is 22.1. The van der Waals surface area contributed by atoms with Crippen molar-refractivity contribution in [3.8, 4) is 5.40 Å². The molecule has 1 aromatic carbocycles. The molecule has 7 heteroatoms. The molecule has 0 aliphatic carbocycles. The quantitative estimate of drug-likeness (QED) is 0.661. The molecule has 0 saturated heterocycles. The summed E-state index contributed by atoms with van der Waals surface area (Å²) in [6.07, 6.45) is 0.618. The van der Waals surface area contributed by atoms with Gasteiger partial charge in [-0.15, -0.1) is 11.6 Å². The van der Waals surface area contributed by atoms with Crippen molar-refractivity contribution in [1.82, 2.24) is 0 Å². The molecular weight excluding hydrogens is 280 g/mol. The third kappa shape index (κ3) is 4.56. The zero-order valence-corrected chi connectivity index (χ0v) is 11.2. The minimum atomic E-state index is -3.65. The predicted octanol–water partition coefficient (Wildman–Crippen LogP) is 1.70. The van der Waals surface area contributed by atoms with E-state index in [9.17, 15) is 8.42 Å². The lowest BCUT2D eigenvalue weighted by Gasteiger charge is -2.09. The monoisotopic (exact) mass is 290 g/mol. The molecule has 1 atom stereocenters. The first-order chi connectivity index (χ1) is 7.97. The second-order valence-corrected chi connectivity index (χ2v) is 6.33. The SMILES string of the molecule is N#CSC(CCl)Cc1ccc(S(N)(=O)=O)cc1. The number of benzene rings is 1. The summed E-state index contributed by atoms with van der Waals surface area (Å²) in [6, 6.07) is 6.26. The first-order valence-corrected chi connectivity index (χ1v) is 7.66. The van der Waals surface area contributed by atoms with Gasteiger partial charge in [-0.25, -0.2) is 13.6 Å². The van der Waals surface area contributed by atoms with Crippen LogP contribution < -0.4 is 5.14 Å². The highest BCUT2D eigenvalue weighted by Crippen LogP contribution is 2.18. The number of halogens is 1. The largest absolute Gasteiger partial charge is 0.238 e. The molecule has 0 bridgehead atoms. The van der Waals surface area contributed by atoms with Crippen LogP contribution in [-0.2, 0) is 16.4 Å². The second-order valence-electron chi connectivity index (χ2n) is 3.38. The van der Waals surface area contributed by atoms with Gasteiger partial charge < -0.3 is 0 Å². The van der Waals surface area contributed by atoms with Crippen molar-refractivity contribution < 1.29 is 8.42 Å². The first-order valence-electron chi connectivity index (χ1n) is 4.70. The number of hydrogen-bond donors (Lipinski definition) is 1. The van der Waals surface area contributed by atoms with E-state index in [1.807, 2.05) is 5.40 Å². The summed E-state index contributed by atoms with van der Waals surface area (Å²) in [5.74, 6) is 0.370. The lowest BCUT2D eigenvalue weighted by Crippen LogP contribution is -2.12.